The third-order valence-corrected chi connectivity index (χ3v) is 4.19. The minimum Gasteiger partial charge on any atom is -0.384 e. The van der Waals surface area contributed by atoms with E-state index in [2.05, 4.69) is 45.6 Å². The molecule has 2 N–H and O–H groups in total. The molecule has 2 rings (SSSR count). The van der Waals surface area contributed by atoms with Crippen molar-refractivity contribution in [1.82, 2.24) is 5.32 Å². The Kier molecular flexibility index (Phi) is 6.01. The highest BCUT2D eigenvalue weighted by atomic mass is 79.9. The van der Waals surface area contributed by atoms with Gasteiger partial charge in [0.25, 0.3) is 0 Å². The predicted octanol–water partition coefficient (Wildman–Crippen LogP) is 4.18. The molecule has 0 spiro atoms. The van der Waals surface area contributed by atoms with Crippen molar-refractivity contribution in [2.24, 2.45) is 0 Å². The van der Waals surface area contributed by atoms with Crippen molar-refractivity contribution in [2.45, 2.75) is 26.8 Å². The summed E-state index contributed by atoms with van der Waals surface area (Å²) in [5, 5.41) is 6.23. The summed E-state index contributed by atoms with van der Waals surface area (Å²) in [6.45, 7) is 5.30. The van der Waals surface area contributed by atoms with Gasteiger partial charge in [-0.05, 0) is 58.6 Å². The van der Waals surface area contributed by atoms with Crippen LogP contribution in [0.2, 0.25) is 0 Å². The summed E-state index contributed by atoms with van der Waals surface area (Å²) >= 11 is 3.52. The Balaban J connectivity index is 1.75. The van der Waals surface area contributed by atoms with Crippen LogP contribution in [0.3, 0.4) is 0 Å². The number of halogens is 1. The molecule has 0 saturated carbocycles. The first kappa shape index (κ1) is 16.6. The van der Waals surface area contributed by atoms with Gasteiger partial charge in [0.2, 0.25) is 5.91 Å². The summed E-state index contributed by atoms with van der Waals surface area (Å²) in [5.41, 5.74) is 4.57. The molecule has 0 fully saturated rings. The fraction of sp³-hybridized carbons (Fsp3) is 0.278. The standard InChI is InChI=1S/C18H21BrN2O/c1-13-7-8-17(16(19)11-13)20-10-9-18(22)21-12-15-6-4-3-5-14(15)2/h3-8,11,20H,9-10,12H2,1-2H3,(H,21,22). The summed E-state index contributed by atoms with van der Waals surface area (Å²) < 4.78 is 1.02. The molecule has 0 saturated heterocycles. The van der Waals surface area contributed by atoms with E-state index in [0.717, 1.165) is 15.7 Å². The zero-order valence-corrected chi connectivity index (χ0v) is 14.5. The molecular weight excluding hydrogens is 340 g/mol. The van der Waals surface area contributed by atoms with E-state index < -0.39 is 0 Å². The summed E-state index contributed by atoms with van der Waals surface area (Å²) in [4.78, 5) is 11.9. The number of nitrogens with one attached hydrogen (secondary N) is 2. The normalized spacial score (nSPS) is 10.3. The van der Waals surface area contributed by atoms with Crippen LogP contribution < -0.4 is 10.6 Å². The van der Waals surface area contributed by atoms with Gasteiger partial charge in [-0.25, -0.2) is 0 Å². The van der Waals surface area contributed by atoms with E-state index in [9.17, 15) is 4.79 Å². The topological polar surface area (TPSA) is 41.1 Å². The van der Waals surface area contributed by atoms with Crippen molar-refractivity contribution in [3.63, 3.8) is 0 Å². The van der Waals surface area contributed by atoms with E-state index in [0.29, 0.717) is 19.5 Å². The Morgan fingerprint density at radius 3 is 2.64 bits per heavy atom. The molecule has 22 heavy (non-hydrogen) atoms. The van der Waals surface area contributed by atoms with Crippen molar-refractivity contribution in [2.75, 3.05) is 11.9 Å². The molecule has 116 valence electrons. The van der Waals surface area contributed by atoms with Crippen LogP contribution in [0.1, 0.15) is 23.1 Å². The predicted molar refractivity (Wildman–Crippen MR) is 95.0 cm³/mol. The number of carbonyl (C=O) groups is 1. The number of rotatable bonds is 6. The highest BCUT2D eigenvalue weighted by Crippen LogP contribution is 2.23. The van der Waals surface area contributed by atoms with Crippen LogP contribution in [0.4, 0.5) is 5.69 Å². The van der Waals surface area contributed by atoms with Crippen LogP contribution in [-0.2, 0) is 11.3 Å². The molecule has 0 heterocycles. The first-order chi connectivity index (χ1) is 10.6. The molecule has 4 heteroatoms. The van der Waals surface area contributed by atoms with Gasteiger partial charge in [-0.1, -0.05) is 30.3 Å². The zero-order chi connectivity index (χ0) is 15.9. The van der Waals surface area contributed by atoms with Gasteiger partial charge < -0.3 is 10.6 Å². The fourth-order valence-electron chi connectivity index (χ4n) is 2.16. The van der Waals surface area contributed by atoms with E-state index in [1.54, 1.807) is 0 Å². The Morgan fingerprint density at radius 2 is 1.91 bits per heavy atom. The molecule has 0 aliphatic carbocycles. The largest absolute Gasteiger partial charge is 0.384 e. The van der Waals surface area contributed by atoms with Gasteiger partial charge in [-0.15, -0.1) is 0 Å². The number of carbonyl (C=O) groups excluding carboxylic acids is 1. The molecule has 0 aromatic heterocycles. The van der Waals surface area contributed by atoms with E-state index in [1.807, 2.05) is 37.3 Å². The molecule has 0 radical (unpaired) electrons. The second kappa shape index (κ2) is 7.99. The van der Waals surface area contributed by atoms with E-state index in [1.165, 1.54) is 11.1 Å². The first-order valence-electron chi connectivity index (χ1n) is 7.37. The first-order valence-corrected chi connectivity index (χ1v) is 8.17. The van der Waals surface area contributed by atoms with E-state index in [-0.39, 0.29) is 5.91 Å². The van der Waals surface area contributed by atoms with Crippen LogP contribution in [0.15, 0.2) is 46.9 Å². The Labute approximate surface area is 140 Å². The van der Waals surface area contributed by atoms with Gasteiger partial charge in [-0.3, -0.25) is 4.79 Å². The van der Waals surface area contributed by atoms with Crippen LogP contribution in [0.25, 0.3) is 0 Å². The maximum absolute atomic E-state index is 11.9. The van der Waals surface area contributed by atoms with Gasteiger partial charge in [0, 0.05) is 29.7 Å². The molecule has 2 aromatic rings. The minimum atomic E-state index is 0.0546. The second-order valence-electron chi connectivity index (χ2n) is 5.36. The van der Waals surface area contributed by atoms with Crippen LogP contribution in [0.5, 0.6) is 0 Å². The van der Waals surface area contributed by atoms with Gasteiger partial charge in [-0.2, -0.15) is 0 Å². The Morgan fingerprint density at radius 1 is 1.14 bits per heavy atom. The molecule has 1 amide bonds. The lowest BCUT2D eigenvalue weighted by molar-refractivity contribution is -0.121. The van der Waals surface area contributed by atoms with E-state index in [4.69, 9.17) is 0 Å². The number of aryl methyl sites for hydroxylation is 2. The third-order valence-electron chi connectivity index (χ3n) is 3.53. The Hall–Kier alpha value is -1.81. The van der Waals surface area contributed by atoms with Gasteiger partial charge >= 0.3 is 0 Å². The molecule has 0 unspecified atom stereocenters. The number of benzene rings is 2. The number of amides is 1. The second-order valence-corrected chi connectivity index (χ2v) is 6.22. The van der Waals surface area contributed by atoms with Crippen LogP contribution >= 0.6 is 15.9 Å². The zero-order valence-electron chi connectivity index (χ0n) is 12.9. The summed E-state index contributed by atoms with van der Waals surface area (Å²) in [6, 6.07) is 14.2. The average molecular weight is 361 g/mol. The number of hydrogen-bond acceptors (Lipinski definition) is 2. The van der Waals surface area contributed by atoms with E-state index >= 15 is 0 Å². The molecule has 2 aromatic carbocycles. The lowest BCUT2D eigenvalue weighted by atomic mass is 10.1. The molecule has 0 aliphatic heterocycles. The van der Waals surface area contributed by atoms with Gasteiger partial charge in [0.15, 0.2) is 0 Å². The number of anilines is 1. The Bertz CT molecular complexity index is 655. The fourth-order valence-corrected chi connectivity index (χ4v) is 2.80. The van der Waals surface area contributed by atoms with Crippen LogP contribution in [0, 0.1) is 13.8 Å². The average Bonchev–Trinajstić information content (AvgIpc) is 2.49. The summed E-state index contributed by atoms with van der Waals surface area (Å²) in [6.07, 6.45) is 0.451. The van der Waals surface area contributed by atoms with Crippen LogP contribution in [-0.4, -0.2) is 12.5 Å². The maximum atomic E-state index is 11.9. The lowest BCUT2D eigenvalue weighted by Gasteiger charge is -2.10. The third kappa shape index (κ3) is 4.88. The SMILES string of the molecule is Cc1ccc(NCCC(=O)NCc2ccccc2C)c(Br)c1. The highest BCUT2D eigenvalue weighted by molar-refractivity contribution is 9.10. The van der Waals surface area contributed by atoms with Crippen molar-refractivity contribution in [3.05, 3.63) is 63.6 Å². The quantitative estimate of drug-likeness (QED) is 0.810. The molecule has 0 atom stereocenters. The maximum Gasteiger partial charge on any atom is 0.222 e. The van der Waals surface area contributed by atoms with Crippen molar-refractivity contribution in [1.29, 1.82) is 0 Å². The minimum absolute atomic E-state index is 0.0546. The monoisotopic (exact) mass is 360 g/mol. The molecule has 0 aliphatic rings. The van der Waals surface area contributed by atoms with Gasteiger partial charge in [0.05, 0.1) is 0 Å². The highest BCUT2D eigenvalue weighted by Gasteiger charge is 2.04. The molecule has 0 bridgehead atoms. The molecule has 3 nitrogen and oxygen atoms in total. The summed E-state index contributed by atoms with van der Waals surface area (Å²) in [5.74, 6) is 0.0546. The smallest absolute Gasteiger partial charge is 0.222 e. The summed E-state index contributed by atoms with van der Waals surface area (Å²) in [7, 11) is 0. The van der Waals surface area contributed by atoms with Crippen molar-refractivity contribution in [3.8, 4) is 0 Å². The molecular formula is C18H21BrN2O. The van der Waals surface area contributed by atoms with Crippen molar-refractivity contribution < 1.29 is 4.79 Å². The number of hydrogen-bond donors (Lipinski definition) is 2. The van der Waals surface area contributed by atoms with Crippen molar-refractivity contribution >= 4 is 27.5 Å². The van der Waals surface area contributed by atoms with Gasteiger partial charge in [0.1, 0.15) is 0 Å². The lowest BCUT2D eigenvalue weighted by Crippen LogP contribution is -2.25.